The van der Waals surface area contributed by atoms with Crippen LogP contribution in [-0.2, 0) is 44.5 Å². The number of nitriles is 1. The van der Waals surface area contributed by atoms with Crippen LogP contribution in [0.1, 0.15) is 29.5 Å². The van der Waals surface area contributed by atoms with Gasteiger partial charge >= 0.3 is 5.97 Å². The number of hydrogen-bond acceptors (Lipinski definition) is 26. The molecule has 0 fully saturated rings. The number of aromatic nitrogens is 4. The van der Waals surface area contributed by atoms with Gasteiger partial charge in [0.1, 0.15) is 39.3 Å². The normalized spacial score (nSPS) is 12.4. The second-order valence-electron chi connectivity index (χ2n) is 14.6. The number of nitrogens with zero attached hydrogens (tertiary/aromatic N) is 11. The maximum atomic E-state index is 13.1. The number of imidazole rings is 1. The van der Waals surface area contributed by atoms with Gasteiger partial charge in [-0.25, -0.2) is 10.2 Å². The Labute approximate surface area is 424 Å². The number of aryl methyl sites for hydroxylation is 1. The molecule has 0 spiro atoms. The number of aromatic hydroxyl groups is 2. The van der Waals surface area contributed by atoms with Crippen molar-refractivity contribution in [1.29, 1.82) is 5.26 Å². The van der Waals surface area contributed by atoms with Gasteiger partial charge in [0.15, 0.2) is 21.4 Å². The van der Waals surface area contributed by atoms with Crippen LogP contribution in [0, 0.1) is 25.2 Å². The predicted octanol–water partition coefficient (Wildman–Crippen LogP) is 9.04. The molecule has 7 rings (SSSR count). The van der Waals surface area contributed by atoms with Gasteiger partial charge in [0.05, 0.1) is 58.7 Å². The Balaban J connectivity index is 0.00000166. The van der Waals surface area contributed by atoms with Crippen molar-refractivity contribution >= 4 is 132 Å². The molecule has 0 saturated carbocycles. The third kappa shape index (κ3) is 14.2. The third-order valence-corrected chi connectivity index (χ3v) is 13.7. The van der Waals surface area contributed by atoms with Gasteiger partial charge < -0.3 is 20.1 Å². The predicted molar refractivity (Wildman–Crippen MR) is 260 cm³/mol. The summed E-state index contributed by atoms with van der Waals surface area (Å²) >= 11 is 2.47. The van der Waals surface area contributed by atoms with Crippen molar-refractivity contribution in [3.05, 3.63) is 71.3 Å². The van der Waals surface area contributed by atoms with Gasteiger partial charge in [0.25, 0.3) is 35.5 Å². The fraction of sp³-hybridized carbons (Fsp3) is 0.205. The standard InChI is InChI=1S/C38H31N11O14S5.CH4O3S/c1-18-14-26(28(61-11-5-13-67(55,56)57)16-25(18)42-46-37-47-48-38(65-37)64-12-10-30(50)51)43-45-32-29(66-63-62-54)15-21-20(33(32)52)8-9-24(34(21)68(58,59)60)41-44-31-19(2)22(17-39)35-40-23-6-3-4-7-27(23)49(35)36(31)53;1-5(2,3)4/h3-4,6-9,14-16,52-54H,5,10-13H2,1-2H3,(H,50,51)(H,55,56,57)(H,58,59,60);1H3,(H,2,3,4). The summed E-state index contributed by atoms with van der Waals surface area (Å²) < 4.78 is 107. The van der Waals surface area contributed by atoms with Gasteiger partial charge in [-0.15, -0.1) is 45.2 Å². The highest BCUT2D eigenvalue weighted by Crippen LogP contribution is 2.48. The van der Waals surface area contributed by atoms with E-state index in [4.69, 9.17) is 19.7 Å². The molecule has 34 heteroatoms. The van der Waals surface area contributed by atoms with E-state index >= 15 is 0 Å². The minimum Gasteiger partial charge on any atom is -0.505 e. The van der Waals surface area contributed by atoms with E-state index in [1.54, 1.807) is 31.2 Å². The molecule has 0 amide bonds. The van der Waals surface area contributed by atoms with Crippen LogP contribution in [0.3, 0.4) is 0 Å². The Kier molecular flexibility index (Phi) is 17.7. The molecule has 0 atom stereocenters. The van der Waals surface area contributed by atoms with Crippen LogP contribution < -0.4 is 4.74 Å². The molecule has 3 heterocycles. The zero-order valence-electron chi connectivity index (χ0n) is 37.3. The van der Waals surface area contributed by atoms with Gasteiger partial charge in [0.2, 0.25) is 5.88 Å². The number of carboxylic acids is 1. The lowest BCUT2D eigenvalue weighted by molar-refractivity contribution is -0.432. The van der Waals surface area contributed by atoms with Crippen LogP contribution >= 0.6 is 35.1 Å². The van der Waals surface area contributed by atoms with Crippen molar-refractivity contribution in [2.45, 2.75) is 40.8 Å². The highest BCUT2D eigenvalue weighted by atomic mass is 32.2. The summed E-state index contributed by atoms with van der Waals surface area (Å²) in [7, 11) is -13.2. The summed E-state index contributed by atoms with van der Waals surface area (Å²) in [5.41, 5.74) is 0.741. The number of phenols is 1. The number of para-hydroxylation sites is 2. The smallest absolute Gasteiger partial charge is 0.304 e. The maximum Gasteiger partial charge on any atom is 0.304 e. The Hall–Kier alpha value is -6.88. The molecule has 0 radical (unpaired) electrons. The highest BCUT2D eigenvalue weighted by Gasteiger charge is 2.26. The van der Waals surface area contributed by atoms with Crippen LogP contribution in [0.25, 0.3) is 27.5 Å². The molecule has 4 aromatic carbocycles. The number of carbonyl (C=O) groups is 1. The number of hydrogen-bond donors (Lipinski definition) is 7. The number of azo groups is 3. The summed E-state index contributed by atoms with van der Waals surface area (Å²) in [6, 6.07) is 15.0. The largest absolute Gasteiger partial charge is 0.505 e. The third-order valence-electron chi connectivity index (χ3n) is 9.40. The van der Waals surface area contributed by atoms with Crippen LogP contribution in [0.15, 0.2) is 99.4 Å². The fourth-order valence-electron chi connectivity index (χ4n) is 6.38. The van der Waals surface area contributed by atoms with Gasteiger partial charge in [-0.2, -0.15) is 30.5 Å². The Morgan fingerprint density at radius 2 is 1.56 bits per heavy atom. The SMILES string of the molecule is CS(=O)(=O)O.Cc1cc(N=Nc2c(SOOO)cc3c(S(=O)(=O)O)c(N=Nc4c(C)c(C#N)c5nc6ccccc6n5c4O)ccc3c2O)c(OCCCS(=O)(=O)O)cc1N=Nc1nnc(SCCC(=O)O)s1. The van der Waals surface area contributed by atoms with E-state index in [2.05, 4.69) is 55.2 Å². The van der Waals surface area contributed by atoms with Gasteiger partial charge in [-0.05, 0) is 62.2 Å². The maximum absolute atomic E-state index is 13.1. The summed E-state index contributed by atoms with van der Waals surface area (Å²) in [6.07, 6.45) is 0.470. The molecule has 3 aromatic heterocycles. The number of aliphatic carboxylic acids is 1. The molecule has 0 bridgehead atoms. The average molecular weight is 1120 g/mol. The van der Waals surface area contributed by atoms with Crippen molar-refractivity contribution in [3.63, 3.8) is 0 Å². The number of ether oxygens (including phenoxy) is 1. The molecule has 0 unspecified atom stereocenters. The molecule has 384 valence electrons. The highest BCUT2D eigenvalue weighted by molar-refractivity contribution is 8.01. The van der Waals surface area contributed by atoms with E-state index in [1.807, 2.05) is 6.07 Å². The molecule has 0 aliphatic carbocycles. The Bertz CT molecular complexity index is 3760. The lowest BCUT2D eigenvalue weighted by Gasteiger charge is -2.13. The Morgan fingerprint density at radius 3 is 2.23 bits per heavy atom. The van der Waals surface area contributed by atoms with Crippen LogP contribution in [0.2, 0.25) is 0 Å². The Morgan fingerprint density at radius 1 is 0.877 bits per heavy atom. The van der Waals surface area contributed by atoms with Crippen molar-refractivity contribution in [2.75, 3.05) is 24.4 Å². The average Bonchev–Trinajstić information content (AvgIpc) is 3.92. The second-order valence-corrected chi connectivity index (χ2v) is 22.0. The summed E-state index contributed by atoms with van der Waals surface area (Å²) in [4.78, 5) is 14.2. The van der Waals surface area contributed by atoms with Gasteiger partial charge in [-0.3, -0.25) is 22.9 Å². The van der Waals surface area contributed by atoms with Crippen LogP contribution in [0.4, 0.5) is 33.6 Å². The van der Waals surface area contributed by atoms with Crippen molar-refractivity contribution < 1.29 is 78.4 Å². The molecule has 0 aliphatic heterocycles. The van der Waals surface area contributed by atoms with Gasteiger partial charge in [-0.1, -0.05) is 40.3 Å². The molecule has 28 nitrogen and oxygen atoms in total. The number of carboxylic acid groups (broad SMARTS) is 1. The lowest BCUT2D eigenvalue weighted by atomic mass is 10.1. The van der Waals surface area contributed by atoms with Crippen molar-refractivity contribution in [3.8, 4) is 23.4 Å². The number of pyridine rings is 1. The fourth-order valence-corrected chi connectivity index (χ4v) is 9.83. The minimum absolute atomic E-state index is 0.0227. The van der Waals surface area contributed by atoms with E-state index in [1.165, 1.54) is 41.3 Å². The number of rotatable bonds is 19. The van der Waals surface area contributed by atoms with Crippen LogP contribution in [0.5, 0.6) is 17.4 Å². The van der Waals surface area contributed by atoms with Crippen molar-refractivity contribution in [1.82, 2.24) is 19.6 Å². The first-order valence-corrected chi connectivity index (χ1v) is 27.4. The first-order valence-electron chi connectivity index (χ1n) is 19.9. The zero-order valence-corrected chi connectivity index (χ0v) is 42.2. The molecular formula is C39H35N11O17S6. The topological polar surface area (TPSA) is 430 Å². The number of benzene rings is 4. The van der Waals surface area contributed by atoms with Crippen LogP contribution in [-0.4, -0.2) is 109 Å². The molecule has 7 N–H and O–H groups in total. The quantitative estimate of drug-likeness (QED) is 0.00754. The first-order chi connectivity index (χ1) is 34.4. The molecule has 0 aliphatic rings. The summed E-state index contributed by atoms with van der Waals surface area (Å²) in [6.45, 7) is 2.84. The first kappa shape index (κ1) is 55.4. The van der Waals surface area contributed by atoms with E-state index in [0.717, 1.165) is 23.5 Å². The van der Waals surface area contributed by atoms with Crippen molar-refractivity contribution in [2.24, 2.45) is 30.7 Å². The number of fused-ring (bicyclic) bond motifs is 4. The summed E-state index contributed by atoms with van der Waals surface area (Å²) in [5, 5.41) is 87.1. The molecule has 73 heavy (non-hydrogen) atoms. The molecule has 0 saturated heterocycles. The van der Waals surface area contributed by atoms with E-state index in [0.29, 0.717) is 27.2 Å². The number of phenolic OH excluding ortho intramolecular Hbond substituents is 1. The van der Waals surface area contributed by atoms with E-state index in [-0.39, 0.29) is 97.6 Å². The minimum atomic E-state index is -5.23. The second kappa shape index (κ2) is 23.3. The van der Waals surface area contributed by atoms with Gasteiger partial charge in [0, 0.05) is 28.2 Å². The lowest BCUT2D eigenvalue weighted by Crippen LogP contribution is -2.08. The summed E-state index contributed by atoms with van der Waals surface area (Å²) in [5.74, 6) is -2.60. The molecule has 7 aromatic rings. The zero-order chi connectivity index (χ0) is 53.4. The monoisotopic (exact) mass is 1120 g/mol. The van der Waals surface area contributed by atoms with E-state index < -0.39 is 70.0 Å². The van der Waals surface area contributed by atoms with E-state index in [9.17, 15) is 54.6 Å². The molecular weight excluding hydrogens is 1090 g/mol. The number of thioether (sulfide) groups is 1.